The Balaban J connectivity index is 1.51. The highest BCUT2D eigenvalue weighted by Crippen LogP contribution is 2.32. The third-order valence-electron chi connectivity index (χ3n) is 5.05. The van der Waals surface area contributed by atoms with Crippen LogP contribution in [0.4, 0.5) is 0 Å². The Kier molecular flexibility index (Phi) is 6.08. The first-order valence-corrected chi connectivity index (χ1v) is 11.8. The highest BCUT2D eigenvalue weighted by Gasteiger charge is 2.27. The van der Waals surface area contributed by atoms with Gasteiger partial charge in [0.1, 0.15) is 0 Å². The molecule has 0 bridgehead atoms. The van der Waals surface area contributed by atoms with Gasteiger partial charge in [-0.15, -0.1) is 10.2 Å². The molecule has 11 heteroatoms. The lowest BCUT2D eigenvalue weighted by atomic mass is 9.89. The van der Waals surface area contributed by atoms with E-state index < -0.39 is 10.0 Å². The van der Waals surface area contributed by atoms with E-state index in [1.54, 1.807) is 4.90 Å². The smallest absolute Gasteiger partial charge is 0.233 e. The molecule has 1 aromatic rings. The van der Waals surface area contributed by atoms with Crippen molar-refractivity contribution < 1.29 is 13.2 Å². The van der Waals surface area contributed by atoms with Crippen molar-refractivity contribution in [3.8, 4) is 0 Å². The molecule has 1 aliphatic heterocycles. The molecule has 1 saturated heterocycles. The van der Waals surface area contributed by atoms with Crippen LogP contribution in [0.15, 0.2) is 5.16 Å². The quantitative estimate of drug-likeness (QED) is 0.554. The van der Waals surface area contributed by atoms with E-state index in [0.717, 1.165) is 18.7 Å². The number of aromatic nitrogens is 3. The van der Waals surface area contributed by atoms with Crippen molar-refractivity contribution in [3.63, 3.8) is 0 Å². The highest BCUT2D eigenvalue weighted by atomic mass is 32.2. The zero-order valence-corrected chi connectivity index (χ0v) is 16.6. The van der Waals surface area contributed by atoms with Crippen LogP contribution in [0.5, 0.6) is 0 Å². The lowest BCUT2D eigenvalue weighted by Crippen LogP contribution is -2.50. The fourth-order valence-electron chi connectivity index (χ4n) is 3.51. The molecule has 2 N–H and O–H groups in total. The number of nitrogens with two attached hydrogens (primary N) is 1. The van der Waals surface area contributed by atoms with Crippen LogP contribution in [0.3, 0.4) is 0 Å². The number of amides is 1. The van der Waals surface area contributed by atoms with Crippen molar-refractivity contribution in [2.75, 3.05) is 44.0 Å². The molecule has 2 heterocycles. The molecule has 0 unspecified atom stereocenters. The van der Waals surface area contributed by atoms with E-state index >= 15 is 0 Å². The SMILES string of the molecule is CS(=O)(=O)N1CCN(C(=O)CSc2nnc(C3CCCCC3)n2N)CC1. The lowest BCUT2D eigenvalue weighted by Gasteiger charge is -2.33. The van der Waals surface area contributed by atoms with Crippen LogP contribution in [0.1, 0.15) is 43.8 Å². The average molecular weight is 403 g/mol. The molecule has 2 aliphatic rings. The van der Waals surface area contributed by atoms with Crippen molar-refractivity contribution in [1.29, 1.82) is 0 Å². The maximum atomic E-state index is 12.4. The molecular weight excluding hydrogens is 376 g/mol. The number of thioether (sulfide) groups is 1. The van der Waals surface area contributed by atoms with Crippen molar-refractivity contribution in [2.24, 2.45) is 0 Å². The minimum Gasteiger partial charge on any atom is -0.339 e. The second-order valence-corrected chi connectivity index (χ2v) is 9.80. The van der Waals surface area contributed by atoms with E-state index in [2.05, 4.69) is 10.2 Å². The van der Waals surface area contributed by atoms with Gasteiger partial charge in [-0.3, -0.25) is 4.79 Å². The molecular formula is C15H26N6O3S2. The number of hydrogen-bond acceptors (Lipinski definition) is 7. The van der Waals surface area contributed by atoms with Gasteiger partial charge in [0.25, 0.3) is 0 Å². The maximum absolute atomic E-state index is 12.4. The molecule has 0 aromatic carbocycles. The zero-order chi connectivity index (χ0) is 18.7. The maximum Gasteiger partial charge on any atom is 0.233 e. The van der Waals surface area contributed by atoms with Crippen LogP contribution < -0.4 is 5.84 Å². The van der Waals surface area contributed by atoms with Crippen LogP contribution in [-0.4, -0.2) is 76.6 Å². The van der Waals surface area contributed by atoms with E-state index in [1.165, 1.54) is 46.3 Å². The van der Waals surface area contributed by atoms with Gasteiger partial charge >= 0.3 is 0 Å². The molecule has 1 aliphatic carbocycles. The Morgan fingerprint density at radius 2 is 1.81 bits per heavy atom. The summed E-state index contributed by atoms with van der Waals surface area (Å²) >= 11 is 1.28. The monoisotopic (exact) mass is 402 g/mol. The van der Waals surface area contributed by atoms with E-state index in [-0.39, 0.29) is 11.7 Å². The summed E-state index contributed by atoms with van der Waals surface area (Å²) in [4.78, 5) is 14.1. The summed E-state index contributed by atoms with van der Waals surface area (Å²) in [6.45, 7) is 1.51. The number of sulfonamides is 1. The summed E-state index contributed by atoms with van der Waals surface area (Å²) in [6, 6.07) is 0. The standard InChI is InChI=1S/C15H26N6O3S2/c1-26(23,24)20-9-7-19(8-10-20)13(22)11-25-15-18-17-14(21(15)16)12-5-3-2-4-6-12/h12H,2-11,16H2,1H3. The molecule has 26 heavy (non-hydrogen) atoms. The number of nitrogen functional groups attached to an aromatic ring is 1. The normalized spacial score (nSPS) is 20.4. The Bertz CT molecular complexity index is 737. The lowest BCUT2D eigenvalue weighted by molar-refractivity contribution is -0.129. The summed E-state index contributed by atoms with van der Waals surface area (Å²) in [6.07, 6.45) is 7.01. The van der Waals surface area contributed by atoms with Crippen molar-refractivity contribution >= 4 is 27.7 Å². The van der Waals surface area contributed by atoms with Gasteiger partial charge in [0.2, 0.25) is 21.1 Å². The molecule has 1 saturated carbocycles. The first-order valence-electron chi connectivity index (χ1n) is 8.92. The number of carbonyl (C=O) groups is 1. The van der Waals surface area contributed by atoms with E-state index in [1.807, 2.05) is 0 Å². The Hall–Kier alpha value is -1.33. The number of hydrogen-bond donors (Lipinski definition) is 1. The molecule has 1 aromatic heterocycles. The fourth-order valence-corrected chi connectivity index (χ4v) is 5.11. The Labute approximate surface area is 158 Å². The second-order valence-electron chi connectivity index (χ2n) is 6.88. The molecule has 2 fully saturated rings. The van der Waals surface area contributed by atoms with Crippen LogP contribution >= 0.6 is 11.8 Å². The second kappa shape index (κ2) is 8.13. The first-order chi connectivity index (χ1) is 12.4. The van der Waals surface area contributed by atoms with Crippen LogP contribution in [0, 0.1) is 0 Å². The van der Waals surface area contributed by atoms with E-state index in [0.29, 0.717) is 37.3 Å². The number of rotatable bonds is 5. The van der Waals surface area contributed by atoms with Gasteiger partial charge in [-0.05, 0) is 12.8 Å². The summed E-state index contributed by atoms with van der Waals surface area (Å²) in [5, 5.41) is 8.93. The fraction of sp³-hybridized carbons (Fsp3) is 0.800. The minimum absolute atomic E-state index is 0.0367. The third-order valence-corrected chi connectivity index (χ3v) is 7.28. The van der Waals surface area contributed by atoms with Crippen LogP contribution in [0.25, 0.3) is 0 Å². The molecule has 9 nitrogen and oxygen atoms in total. The average Bonchev–Trinajstić information content (AvgIpc) is 3.00. The molecule has 1 amide bonds. The van der Waals surface area contributed by atoms with Gasteiger partial charge in [-0.25, -0.2) is 13.1 Å². The van der Waals surface area contributed by atoms with Gasteiger partial charge in [0.05, 0.1) is 12.0 Å². The summed E-state index contributed by atoms with van der Waals surface area (Å²) in [5.74, 6) is 7.49. The van der Waals surface area contributed by atoms with Crippen molar-refractivity contribution in [2.45, 2.75) is 43.2 Å². The number of piperazine rings is 1. The topological polar surface area (TPSA) is 114 Å². The molecule has 0 spiro atoms. The zero-order valence-electron chi connectivity index (χ0n) is 15.0. The number of carbonyl (C=O) groups excluding carboxylic acids is 1. The van der Waals surface area contributed by atoms with E-state index in [4.69, 9.17) is 5.84 Å². The van der Waals surface area contributed by atoms with Gasteiger partial charge in [0, 0.05) is 32.1 Å². The Morgan fingerprint density at radius 1 is 1.15 bits per heavy atom. The summed E-state index contributed by atoms with van der Waals surface area (Å²) in [7, 11) is -3.19. The third kappa shape index (κ3) is 4.49. The molecule has 0 radical (unpaired) electrons. The van der Waals surface area contributed by atoms with Crippen LogP contribution in [0.2, 0.25) is 0 Å². The molecule has 146 valence electrons. The van der Waals surface area contributed by atoms with E-state index in [9.17, 15) is 13.2 Å². The van der Waals surface area contributed by atoms with Gasteiger partial charge in [0.15, 0.2) is 5.82 Å². The van der Waals surface area contributed by atoms with Gasteiger partial charge in [-0.1, -0.05) is 31.0 Å². The predicted octanol–water partition coefficient (Wildman–Crippen LogP) is 0.236. The summed E-state index contributed by atoms with van der Waals surface area (Å²) in [5.41, 5.74) is 0. The Morgan fingerprint density at radius 3 is 2.42 bits per heavy atom. The predicted molar refractivity (Wildman–Crippen MR) is 99.7 cm³/mol. The highest BCUT2D eigenvalue weighted by molar-refractivity contribution is 7.99. The molecule has 3 rings (SSSR count). The minimum atomic E-state index is -3.19. The first kappa shape index (κ1) is 19.4. The summed E-state index contributed by atoms with van der Waals surface area (Å²) < 4.78 is 26.0. The van der Waals surface area contributed by atoms with Gasteiger partial charge in [-0.2, -0.15) is 4.31 Å². The van der Waals surface area contributed by atoms with Crippen molar-refractivity contribution in [3.05, 3.63) is 5.82 Å². The van der Waals surface area contributed by atoms with Gasteiger partial charge < -0.3 is 10.7 Å². The molecule has 0 atom stereocenters. The largest absolute Gasteiger partial charge is 0.339 e. The number of nitrogens with zero attached hydrogens (tertiary/aromatic N) is 5. The van der Waals surface area contributed by atoms with Crippen LogP contribution in [-0.2, 0) is 14.8 Å². The van der Waals surface area contributed by atoms with Crippen molar-refractivity contribution in [1.82, 2.24) is 24.1 Å².